The number of furan rings is 2. The quantitative estimate of drug-likeness (QED) is 0.348. The first kappa shape index (κ1) is 20.6. The van der Waals surface area contributed by atoms with Crippen LogP contribution in [0.1, 0.15) is 11.5 Å². The molecule has 144 valence electrons. The Balaban J connectivity index is 0.00000225. The molecule has 0 bridgehead atoms. The summed E-state index contributed by atoms with van der Waals surface area (Å²) in [7, 11) is 0. The van der Waals surface area contributed by atoms with Gasteiger partial charge in [-0.3, -0.25) is 0 Å². The van der Waals surface area contributed by atoms with Crippen LogP contribution in [0.25, 0.3) is 22.6 Å². The fourth-order valence-electron chi connectivity index (χ4n) is 2.79. The first-order valence-corrected chi connectivity index (χ1v) is 9.33. The maximum absolute atomic E-state index is 5.92. The second-order valence-electron chi connectivity index (χ2n) is 6.15. The standard InChI is InChI=1S/C22H17Cl2NO2.ClH/c23-17-5-1-15(2-6-17)21-11-9-19(26-21)13-25-14-20-10-12-22(27-20)16-3-7-18(24)8-4-16;/h1-12,25H,13-14H2;1H. The molecule has 2 aromatic carbocycles. The molecule has 2 heterocycles. The Bertz CT molecular complexity index is 937. The number of nitrogens with one attached hydrogen (secondary N) is 1. The Morgan fingerprint density at radius 2 is 0.964 bits per heavy atom. The topological polar surface area (TPSA) is 38.3 Å². The predicted molar refractivity (Wildman–Crippen MR) is 116 cm³/mol. The predicted octanol–water partition coefficient (Wildman–Crippen LogP) is 7.23. The molecule has 2 aromatic heterocycles. The molecule has 28 heavy (non-hydrogen) atoms. The first-order valence-electron chi connectivity index (χ1n) is 8.57. The highest BCUT2D eigenvalue weighted by Gasteiger charge is 2.07. The molecule has 0 atom stereocenters. The van der Waals surface area contributed by atoms with Gasteiger partial charge in [0.15, 0.2) is 0 Å². The van der Waals surface area contributed by atoms with E-state index in [0.717, 1.165) is 34.2 Å². The lowest BCUT2D eigenvalue weighted by Crippen LogP contribution is -2.11. The minimum absolute atomic E-state index is 0. The molecule has 0 aliphatic rings. The maximum Gasteiger partial charge on any atom is 0.134 e. The van der Waals surface area contributed by atoms with Crippen LogP contribution in [0.15, 0.2) is 81.6 Å². The van der Waals surface area contributed by atoms with Crippen molar-refractivity contribution in [3.63, 3.8) is 0 Å². The zero-order chi connectivity index (χ0) is 18.6. The lowest BCUT2D eigenvalue weighted by atomic mass is 10.2. The van der Waals surface area contributed by atoms with E-state index in [-0.39, 0.29) is 12.4 Å². The molecule has 4 rings (SSSR count). The molecule has 0 spiro atoms. The summed E-state index contributed by atoms with van der Waals surface area (Å²) in [6.07, 6.45) is 0. The molecular formula is C22H18Cl3NO2. The third-order valence-electron chi connectivity index (χ3n) is 4.18. The molecule has 0 saturated carbocycles. The third kappa shape index (κ3) is 5.00. The van der Waals surface area contributed by atoms with Crippen molar-refractivity contribution in [2.75, 3.05) is 0 Å². The van der Waals surface area contributed by atoms with E-state index in [2.05, 4.69) is 5.32 Å². The molecule has 0 unspecified atom stereocenters. The summed E-state index contributed by atoms with van der Waals surface area (Å²) in [4.78, 5) is 0. The Morgan fingerprint density at radius 3 is 1.36 bits per heavy atom. The second kappa shape index (κ2) is 9.35. The van der Waals surface area contributed by atoms with Crippen molar-refractivity contribution >= 4 is 35.6 Å². The van der Waals surface area contributed by atoms with E-state index < -0.39 is 0 Å². The minimum atomic E-state index is 0. The lowest BCUT2D eigenvalue weighted by molar-refractivity contribution is 0.460. The molecule has 0 amide bonds. The van der Waals surface area contributed by atoms with E-state index in [1.165, 1.54) is 0 Å². The van der Waals surface area contributed by atoms with E-state index in [4.69, 9.17) is 32.0 Å². The van der Waals surface area contributed by atoms with E-state index in [1.807, 2.05) is 72.8 Å². The number of rotatable bonds is 6. The van der Waals surface area contributed by atoms with Gasteiger partial charge in [-0.15, -0.1) is 12.4 Å². The van der Waals surface area contributed by atoms with Crippen molar-refractivity contribution in [1.82, 2.24) is 5.32 Å². The highest BCUT2D eigenvalue weighted by atomic mass is 35.5. The van der Waals surface area contributed by atoms with E-state index in [0.29, 0.717) is 23.1 Å². The normalized spacial score (nSPS) is 10.6. The van der Waals surface area contributed by atoms with Gasteiger partial charge in [-0.2, -0.15) is 0 Å². The van der Waals surface area contributed by atoms with Gasteiger partial charge in [0.25, 0.3) is 0 Å². The van der Waals surface area contributed by atoms with E-state index in [9.17, 15) is 0 Å². The molecule has 0 aliphatic heterocycles. The summed E-state index contributed by atoms with van der Waals surface area (Å²) in [5.41, 5.74) is 2.01. The van der Waals surface area contributed by atoms with Crippen LogP contribution in [0.2, 0.25) is 10.0 Å². The molecular weight excluding hydrogens is 417 g/mol. The summed E-state index contributed by atoms with van der Waals surface area (Å²) in [5, 5.41) is 4.76. The molecule has 0 saturated heterocycles. The summed E-state index contributed by atoms with van der Waals surface area (Å²) in [6.45, 7) is 1.23. The highest BCUT2D eigenvalue weighted by Crippen LogP contribution is 2.25. The van der Waals surface area contributed by atoms with Gasteiger partial charge in [0, 0.05) is 21.2 Å². The van der Waals surface area contributed by atoms with Gasteiger partial charge in [0.2, 0.25) is 0 Å². The molecule has 0 radical (unpaired) electrons. The Hall–Kier alpha value is -2.17. The van der Waals surface area contributed by atoms with Crippen molar-refractivity contribution in [1.29, 1.82) is 0 Å². The van der Waals surface area contributed by atoms with Crippen LogP contribution < -0.4 is 5.32 Å². The fraction of sp³-hybridized carbons (Fsp3) is 0.0909. The lowest BCUT2D eigenvalue weighted by Gasteiger charge is -2.01. The molecule has 6 heteroatoms. The Morgan fingerprint density at radius 1 is 0.571 bits per heavy atom. The molecule has 3 nitrogen and oxygen atoms in total. The number of hydrogen-bond acceptors (Lipinski definition) is 3. The number of halogens is 3. The van der Waals surface area contributed by atoms with Crippen LogP contribution in [0.5, 0.6) is 0 Å². The zero-order valence-electron chi connectivity index (χ0n) is 14.8. The van der Waals surface area contributed by atoms with Crippen molar-refractivity contribution in [2.45, 2.75) is 13.1 Å². The van der Waals surface area contributed by atoms with Crippen LogP contribution >= 0.6 is 35.6 Å². The van der Waals surface area contributed by atoms with Crippen molar-refractivity contribution < 1.29 is 8.83 Å². The van der Waals surface area contributed by atoms with Crippen LogP contribution in [-0.4, -0.2) is 0 Å². The van der Waals surface area contributed by atoms with Crippen LogP contribution in [0.4, 0.5) is 0 Å². The van der Waals surface area contributed by atoms with Crippen LogP contribution in [0, 0.1) is 0 Å². The first-order chi connectivity index (χ1) is 13.2. The van der Waals surface area contributed by atoms with Gasteiger partial charge >= 0.3 is 0 Å². The summed E-state index contributed by atoms with van der Waals surface area (Å²) >= 11 is 11.8. The van der Waals surface area contributed by atoms with Crippen molar-refractivity contribution in [3.8, 4) is 22.6 Å². The summed E-state index contributed by atoms with van der Waals surface area (Å²) in [5.74, 6) is 3.38. The molecule has 1 N–H and O–H groups in total. The molecule has 4 aromatic rings. The Kier molecular flexibility index (Phi) is 6.87. The molecule has 0 fully saturated rings. The minimum Gasteiger partial charge on any atom is -0.460 e. The monoisotopic (exact) mass is 433 g/mol. The summed E-state index contributed by atoms with van der Waals surface area (Å²) < 4.78 is 11.8. The van der Waals surface area contributed by atoms with Crippen LogP contribution in [0.3, 0.4) is 0 Å². The maximum atomic E-state index is 5.92. The highest BCUT2D eigenvalue weighted by molar-refractivity contribution is 6.30. The number of benzene rings is 2. The van der Waals surface area contributed by atoms with Gasteiger partial charge in [-0.25, -0.2) is 0 Å². The SMILES string of the molecule is Cl.Clc1ccc(-c2ccc(CNCc3ccc(-c4ccc(Cl)cc4)o3)o2)cc1. The van der Waals surface area contributed by atoms with Crippen molar-refractivity contribution in [3.05, 3.63) is 94.4 Å². The fourth-order valence-corrected chi connectivity index (χ4v) is 3.05. The van der Waals surface area contributed by atoms with Gasteiger partial charge in [-0.05, 0) is 72.8 Å². The zero-order valence-corrected chi connectivity index (χ0v) is 17.2. The van der Waals surface area contributed by atoms with E-state index in [1.54, 1.807) is 0 Å². The van der Waals surface area contributed by atoms with Gasteiger partial charge in [0.1, 0.15) is 23.0 Å². The average molecular weight is 435 g/mol. The van der Waals surface area contributed by atoms with Crippen LogP contribution in [-0.2, 0) is 13.1 Å². The van der Waals surface area contributed by atoms with Crippen molar-refractivity contribution in [2.24, 2.45) is 0 Å². The Labute approximate surface area is 179 Å². The van der Waals surface area contributed by atoms with Gasteiger partial charge < -0.3 is 14.2 Å². The smallest absolute Gasteiger partial charge is 0.134 e. The van der Waals surface area contributed by atoms with E-state index >= 15 is 0 Å². The van der Waals surface area contributed by atoms with Gasteiger partial charge in [0.05, 0.1) is 13.1 Å². The largest absolute Gasteiger partial charge is 0.460 e. The second-order valence-corrected chi connectivity index (χ2v) is 7.02. The summed E-state index contributed by atoms with van der Waals surface area (Å²) in [6, 6.07) is 23.1. The van der Waals surface area contributed by atoms with Gasteiger partial charge in [-0.1, -0.05) is 23.2 Å². The molecule has 0 aliphatic carbocycles. The number of hydrogen-bond donors (Lipinski definition) is 1. The average Bonchev–Trinajstić information content (AvgIpc) is 3.33. The third-order valence-corrected chi connectivity index (χ3v) is 4.68.